The Bertz CT molecular complexity index is 568. The van der Waals surface area contributed by atoms with Gasteiger partial charge in [-0.2, -0.15) is 0 Å². The summed E-state index contributed by atoms with van der Waals surface area (Å²) >= 11 is 4.65. The SMILES string of the molecule is C=C/C=C(OC(=O)NC(CCC(N)=S)C(=O)O)\C(=C/C)C(=O)O. The Kier molecular flexibility index (Phi) is 8.94. The molecule has 0 aliphatic heterocycles. The maximum absolute atomic E-state index is 11.8. The summed E-state index contributed by atoms with van der Waals surface area (Å²) < 4.78 is 4.86. The molecule has 0 aromatic heterocycles. The molecular formula is C14H18N2O6S. The van der Waals surface area contributed by atoms with Crippen molar-refractivity contribution >= 4 is 35.2 Å². The summed E-state index contributed by atoms with van der Waals surface area (Å²) in [5, 5.41) is 20.2. The van der Waals surface area contributed by atoms with Gasteiger partial charge in [0.2, 0.25) is 0 Å². The Morgan fingerprint density at radius 2 is 2.00 bits per heavy atom. The molecule has 0 radical (unpaired) electrons. The Balaban J connectivity index is 5.02. The lowest BCUT2D eigenvalue weighted by Gasteiger charge is -2.15. The average molecular weight is 342 g/mol. The van der Waals surface area contributed by atoms with Crippen LogP contribution in [0.5, 0.6) is 0 Å². The topological polar surface area (TPSA) is 139 Å². The molecular weight excluding hydrogens is 324 g/mol. The number of nitrogens with two attached hydrogens (primary N) is 1. The summed E-state index contributed by atoms with van der Waals surface area (Å²) in [5.74, 6) is -2.88. The minimum absolute atomic E-state index is 0.0182. The van der Waals surface area contributed by atoms with Gasteiger partial charge in [0.25, 0.3) is 0 Å². The maximum atomic E-state index is 11.8. The van der Waals surface area contributed by atoms with Gasteiger partial charge in [-0.1, -0.05) is 30.9 Å². The quantitative estimate of drug-likeness (QED) is 0.213. The van der Waals surface area contributed by atoms with Crippen molar-refractivity contribution in [2.24, 2.45) is 5.73 Å². The van der Waals surface area contributed by atoms with E-state index in [1.165, 1.54) is 25.2 Å². The van der Waals surface area contributed by atoms with Gasteiger partial charge in [0, 0.05) is 6.42 Å². The van der Waals surface area contributed by atoms with Crippen molar-refractivity contribution in [1.82, 2.24) is 5.32 Å². The summed E-state index contributed by atoms with van der Waals surface area (Å²) in [6, 6.07) is -1.27. The molecule has 0 aromatic rings. The minimum atomic E-state index is -1.31. The number of amides is 1. The normalized spacial score (nSPS) is 12.9. The van der Waals surface area contributed by atoms with E-state index in [9.17, 15) is 14.4 Å². The second-order valence-corrected chi connectivity index (χ2v) is 4.73. The fourth-order valence-corrected chi connectivity index (χ4v) is 1.59. The fourth-order valence-electron chi connectivity index (χ4n) is 1.47. The number of carboxylic acid groups (broad SMARTS) is 2. The molecule has 0 saturated carbocycles. The van der Waals surface area contributed by atoms with Crippen molar-refractivity contribution < 1.29 is 29.3 Å². The largest absolute Gasteiger partial charge is 0.480 e. The van der Waals surface area contributed by atoms with Gasteiger partial charge < -0.3 is 26.0 Å². The van der Waals surface area contributed by atoms with E-state index in [2.05, 4.69) is 24.1 Å². The first-order valence-electron chi connectivity index (χ1n) is 6.45. The second-order valence-electron chi connectivity index (χ2n) is 4.20. The Hall–Kier alpha value is -2.68. The van der Waals surface area contributed by atoms with Crippen molar-refractivity contribution in [3.8, 4) is 0 Å². The minimum Gasteiger partial charge on any atom is -0.480 e. The highest BCUT2D eigenvalue weighted by molar-refractivity contribution is 7.80. The number of allylic oxidation sites excluding steroid dienone is 3. The predicted molar refractivity (Wildman–Crippen MR) is 86.7 cm³/mol. The molecule has 0 spiro atoms. The van der Waals surface area contributed by atoms with Crippen LogP contribution in [-0.4, -0.2) is 39.3 Å². The highest BCUT2D eigenvalue weighted by Crippen LogP contribution is 2.13. The van der Waals surface area contributed by atoms with Crippen LogP contribution in [0.25, 0.3) is 0 Å². The van der Waals surface area contributed by atoms with Gasteiger partial charge in [-0.15, -0.1) is 0 Å². The zero-order valence-corrected chi connectivity index (χ0v) is 13.3. The number of hydrogen-bond donors (Lipinski definition) is 4. The van der Waals surface area contributed by atoms with E-state index in [0.717, 1.165) is 0 Å². The number of ether oxygens (including phenoxy) is 1. The Labute approximate surface area is 138 Å². The predicted octanol–water partition coefficient (Wildman–Crippen LogP) is 1.33. The molecule has 0 rings (SSSR count). The van der Waals surface area contributed by atoms with Gasteiger partial charge in [0.15, 0.2) is 0 Å². The van der Waals surface area contributed by atoms with Crippen molar-refractivity contribution in [2.45, 2.75) is 25.8 Å². The average Bonchev–Trinajstić information content (AvgIpc) is 2.43. The van der Waals surface area contributed by atoms with Crippen LogP contribution < -0.4 is 11.1 Å². The highest BCUT2D eigenvalue weighted by atomic mass is 32.1. The molecule has 0 fully saturated rings. The van der Waals surface area contributed by atoms with E-state index in [-0.39, 0.29) is 29.2 Å². The lowest BCUT2D eigenvalue weighted by Crippen LogP contribution is -2.41. The fraction of sp³-hybridized carbons (Fsp3) is 0.286. The number of carbonyl (C=O) groups is 3. The second kappa shape index (κ2) is 10.1. The van der Waals surface area contributed by atoms with E-state index in [4.69, 9.17) is 20.7 Å². The van der Waals surface area contributed by atoms with Crippen molar-refractivity contribution in [3.63, 3.8) is 0 Å². The molecule has 0 aromatic carbocycles. The van der Waals surface area contributed by atoms with Crippen LogP contribution >= 0.6 is 12.2 Å². The molecule has 0 aliphatic rings. The standard InChI is InChI=1S/C14H18N2O6S/c1-3-5-10(8(4-2)12(17)18)22-14(21)16-9(13(19)20)6-7-11(15)23/h3-5,9H,1,6-7H2,2H3,(H2,15,23)(H,16,21)(H,17,18)(H,19,20)/b8-4+,10-5+. The van der Waals surface area contributed by atoms with Gasteiger partial charge in [0.1, 0.15) is 11.8 Å². The number of rotatable bonds is 9. The van der Waals surface area contributed by atoms with Crippen LogP contribution in [0.3, 0.4) is 0 Å². The van der Waals surface area contributed by atoms with Crippen LogP contribution in [0.4, 0.5) is 4.79 Å². The van der Waals surface area contributed by atoms with Gasteiger partial charge in [-0.25, -0.2) is 14.4 Å². The monoisotopic (exact) mass is 342 g/mol. The molecule has 126 valence electrons. The van der Waals surface area contributed by atoms with Gasteiger partial charge in [0.05, 0.1) is 10.6 Å². The number of nitrogens with one attached hydrogen (secondary N) is 1. The number of alkyl carbamates (subject to hydrolysis) is 1. The third kappa shape index (κ3) is 7.77. The van der Waals surface area contributed by atoms with Gasteiger partial charge in [-0.05, 0) is 19.4 Å². The summed E-state index contributed by atoms with van der Waals surface area (Å²) in [6.07, 6.45) is 2.62. The molecule has 0 bridgehead atoms. The Morgan fingerprint density at radius 3 is 2.39 bits per heavy atom. The molecule has 1 amide bonds. The van der Waals surface area contributed by atoms with E-state index in [0.29, 0.717) is 0 Å². The van der Waals surface area contributed by atoms with Crippen LogP contribution in [0.15, 0.2) is 36.1 Å². The third-order valence-corrected chi connectivity index (χ3v) is 2.73. The molecule has 9 heteroatoms. The van der Waals surface area contributed by atoms with Crippen LogP contribution in [-0.2, 0) is 14.3 Å². The van der Waals surface area contributed by atoms with Crippen molar-refractivity contribution in [2.75, 3.05) is 0 Å². The lowest BCUT2D eigenvalue weighted by atomic mass is 10.1. The summed E-state index contributed by atoms with van der Waals surface area (Å²) in [4.78, 5) is 34.0. The molecule has 1 unspecified atom stereocenters. The Morgan fingerprint density at radius 1 is 1.39 bits per heavy atom. The highest BCUT2D eigenvalue weighted by Gasteiger charge is 2.23. The summed E-state index contributed by atoms with van der Waals surface area (Å²) in [7, 11) is 0. The summed E-state index contributed by atoms with van der Waals surface area (Å²) in [6.45, 7) is 4.84. The van der Waals surface area contributed by atoms with Gasteiger partial charge in [-0.3, -0.25) is 0 Å². The zero-order valence-electron chi connectivity index (χ0n) is 12.4. The molecule has 5 N–H and O–H groups in total. The molecule has 1 atom stereocenters. The van der Waals surface area contributed by atoms with E-state index in [1.54, 1.807) is 0 Å². The molecule has 23 heavy (non-hydrogen) atoms. The summed E-state index contributed by atoms with van der Waals surface area (Å²) in [5.41, 5.74) is 5.02. The van der Waals surface area contributed by atoms with Crippen LogP contribution in [0, 0.1) is 0 Å². The number of thiocarbonyl (C=S) groups is 1. The number of carboxylic acids is 2. The third-order valence-electron chi connectivity index (χ3n) is 2.53. The molecule has 0 heterocycles. The van der Waals surface area contributed by atoms with Crippen LogP contribution in [0.1, 0.15) is 19.8 Å². The molecule has 0 aliphatic carbocycles. The van der Waals surface area contributed by atoms with E-state index < -0.39 is 24.1 Å². The first kappa shape index (κ1) is 20.3. The molecule has 8 nitrogen and oxygen atoms in total. The van der Waals surface area contributed by atoms with Crippen LogP contribution in [0.2, 0.25) is 0 Å². The zero-order chi connectivity index (χ0) is 18.0. The first-order chi connectivity index (χ1) is 10.7. The van der Waals surface area contributed by atoms with Gasteiger partial charge >= 0.3 is 18.0 Å². The van der Waals surface area contributed by atoms with E-state index >= 15 is 0 Å². The lowest BCUT2D eigenvalue weighted by molar-refractivity contribution is -0.139. The number of aliphatic carboxylic acids is 2. The van der Waals surface area contributed by atoms with Crippen molar-refractivity contribution in [3.05, 3.63) is 36.1 Å². The number of hydrogen-bond acceptors (Lipinski definition) is 5. The molecule has 0 saturated heterocycles. The smallest absolute Gasteiger partial charge is 0.413 e. The van der Waals surface area contributed by atoms with E-state index in [1.807, 2.05) is 0 Å². The first-order valence-corrected chi connectivity index (χ1v) is 6.85. The van der Waals surface area contributed by atoms with Crippen molar-refractivity contribution in [1.29, 1.82) is 0 Å². The number of carbonyl (C=O) groups excluding carboxylic acids is 1. The maximum Gasteiger partial charge on any atom is 0.413 e.